The molecule has 0 N–H and O–H groups in total. The third-order valence-electron chi connectivity index (χ3n) is 6.36. The number of rotatable bonds is 4. The van der Waals surface area contributed by atoms with E-state index in [2.05, 4.69) is 119 Å². The van der Waals surface area contributed by atoms with Crippen LogP contribution in [0.2, 0.25) is 0 Å². The molecule has 0 heterocycles. The van der Waals surface area contributed by atoms with E-state index in [4.69, 9.17) is 0 Å². The maximum absolute atomic E-state index is 2.43. The molecule has 1 aliphatic carbocycles. The minimum atomic E-state index is -0.219. The van der Waals surface area contributed by atoms with Crippen LogP contribution >= 0.6 is 0 Å². The Balaban J connectivity index is 2.03. The smallest absolute Gasteiger partial charge is 0.0516 e. The minimum absolute atomic E-state index is 0.219. The standard InChI is InChI=1S/C29H30/c1-21-5-13-25(14-6-21)29(26-15-7-22(2)8-16-26,27-17-9-23(3)10-18-27)28-19-11-24(4)12-20-28/h5-19,28H,20H2,1-4H3. The zero-order chi connectivity index (χ0) is 20.4. The van der Waals surface area contributed by atoms with Gasteiger partial charge in [0.2, 0.25) is 0 Å². The van der Waals surface area contributed by atoms with Crippen LogP contribution in [0.3, 0.4) is 0 Å². The van der Waals surface area contributed by atoms with Crippen LogP contribution in [0.5, 0.6) is 0 Å². The van der Waals surface area contributed by atoms with Gasteiger partial charge in [-0.2, -0.15) is 0 Å². The van der Waals surface area contributed by atoms with Gasteiger partial charge in [-0.05, 0) is 56.7 Å². The number of hydrogen-bond donors (Lipinski definition) is 0. The SMILES string of the molecule is CC1=CCC(C(c2ccc(C)cc2)(c2ccc(C)cc2)c2ccc(C)cc2)C=C1. The van der Waals surface area contributed by atoms with Crippen molar-refractivity contribution in [3.8, 4) is 0 Å². The van der Waals surface area contributed by atoms with Gasteiger partial charge in [0, 0.05) is 0 Å². The van der Waals surface area contributed by atoms with Crippen molar-refractivity contribution in [3.63, 3.8) is 0 Å². The Hall–Kier alpha value is -2.86. The predicted octanol–water partition coefficient (Wildman–Crippen LogP) is 7.47. The van der Waals surface area contributed by atoms with E-state index in [1.165, 1.54) is 39.0 Å². The Kier molecular flexibility index (Phi) is 5.28. The first kappa shape index (κ1) is 19.5. The van der Waals surface area contributed by atoms with Gasteiger partial charge in [-0.25, -0.2) is 0 Å². The van der Waals surface area contributed by atoms with Gasteiger partial charge >= 0.3 is 0 Å². The highest BCUT2D eigenvalue weighted by atomic mass is 14.4. The topological polar surface area (TPSA) is 0 Å². The minimum Gasteiger partial charge on any atom is -0.0810 e. The molecule has 3 aromatic rings. The summed E-state index contributed by atoms with van der Waals surface area (Å²) in [5.74, 6) is 0.360. The highest BCUT2D eigenvalue weighted by Crippen LogP contribution is 2.48. The molecule has 0 saturated heterocycles. The molecule has 0 bridgehead atoms. The number of aryl methyl sites for hydroxylation is 3. The van der Waals surface area contributed by atoms with Crippen LogP contribution in [-0.4, -0.2) is 0 Å². The molecule has 3 aromatic carbocycles. The van der Waals surface area contributed by atoms with Gasteiger partial charge in [-0.3, -0.25) is 0 Å². The quantitative estimate of drug-likeness (QED) is 0.413. The first-order valence-corrected chi connectivity index (χ1v) is 10.6. The molecule has 0 amide bonds. The molecule has 1 unspecified atom stereocenters. The van der Waals surface area contributed by atoms with Gasteiger partial charge in [0.15, 0.2) is 0 Å². The van der Waals surface area contributed by atoms with Crippen molar-refractivity contribution in [2.75, 3.05) is 0 Å². The molecule has 1 aliphatic rings. The molecule has 146 valence electrons. The summed E-state index contributed by atoms with van der Waals surface area (Å²) in [5, 5.41) is 0. The van der Waals surface area contributed by atoms with E-state index < -0.39 is 0 Å². The summed E-state index contributed by atoms with van der Waals surface area (Å²) in [6.45, 7) is 8.68. The molecule has 4 rings (SSSR count). The van der Waals surface area contributed by atoms with E-state index in [9.17, 15) is 0 Å². The summed E-state index contributed by atoms with van der Waals surface area (Å²) in [4.78, 5) is 0. The summed E-state index contributed by atoms with van der Waals surface area (Å²) in [6.07, 6.45) is 8.14. The second-order valence-corrected chi connectivity index (χ2v) is 8.56. The van der Waals surface area contributed by atoms with Crippen molar-refractivity contribution in [1.29, 1.82) is 0 Å². The summed E-state index contributed by atoms with van der Waals surface area (Å²) in [5.41, 5.74) is 9.10. The Bertz CT molecular complexity index is 918. The average Bonchev–Trinajstić information content (AvgIpc) is 2.73. The van der Waals surface area contributed by atoms with Crippen molar-refractivity contribution in [2.45, 2.75) is 39.5 Å². The number of benzene rings is 3. The van der Waals surface area contributed by atoms with E-state index in [0.29, 0.717) is 5.92 Å². The maximum atomic E-state index is 2.43. The van der Waals surface area contributed by atoms with Gasteiger partial charge < -0.3 is 0 Å². The lowest BCUT2D eigenvalue weighted by atomic mass is 9.60. The van der Waals surface area contributed by atoms with Crippen LogP contribution in [0.4, 0.5) is 0 Å². The second kappa shape index (κ2) is 7.87. The highest BCUT2D eigenvalue weighted by Gasteiger charge is 2.42. The molecular formula is C29H30. The van der Waals surface area contributed by atoms with Crippen molar-refractivity contribution < 1.29 is 0 Å². The first-order chi connectivity index (χ1) is 14.0. The molecule has 0 heteroatoms. The van der Waals surface area contributed by atoms with E-state index in [0.717, 1.165) is 6.42 Å². The molecule has 0 radical (unpaired) electrons. The van der Waals surface area contributed by atoms with Crippen molar-refractivity contribution in [2.24, 2.45) is 5.92 Å². The second-order valence-electron chi connectivity index (χ2n) is 8.56. The van der Waals surface area contributed by atoms with Crippen LogP contribution in [0.15, 0.2) is 96.6 Å². The fraction of sp³-hybridized carbons (Fsp3) is 0.241. The van der Waals surface area contributed by atoms with Crippen LogP contribution in [0.1, 0.15) is 46.7 Å². The maximum Gasteiger partial charge on any atom is 0.0516 e. The summed E-state index contributed by atoms with van der Waals surface area (Å²) in [7, 11) is 0. The molecule has 0 fully saturated rings. The number of allylic oxidation sites excluding steroid dienone is 4. The molecule has 1 atom stereocenters. The monoisotopic (exact) mass is 378 g/mol. The van der Waals surface area contributed by atoms with E-state index >= 15 is 0 Å². The lowest BCUT2D eigenvalue weighted by Gasteiger charge is -2.42. The van der Waals surface area contributed by atoms with Crippen LogP contribution < -0.4 is 0 Å². The summed E-state index contributed by atoms with van der Waals surface area (Å²) in [6, 6.07) is 27.5. The van der Waals surface area contributed by atoms with Crippen LogP contribution in [0.25, 0.3) is 0 Å². The summed E-state index contributed by atoms with van der Waals surface area (Å²) >= 11 is 0. The van der Waals surface area contributed by atoms with Crippen molar-refractivity contribution >= 4 is 0 Å². The zero-order valence-corrected chi connectivity index (χ0v) is 17.9. The highest BCUT2D eigenvalue weighted by molar-refractivity contribution is 5.54. The first-order valence-electron chi connectivity index (χ1n) is 10.6. The Morgan fingerprint density at radius 2 is 0.966 bits per heavy atom. The largest absolute Gasteiger partial charge is 0.0810 e. The van der Waals surface area contributed by atoms with Gasteiger partial charge in [0.1, 0.15) is 0 Å². The van der Waals surface area contributed by atoms with Crippen LogP contribution in [0, 0.1) is 26.7 Å². The van der Waals surface area contributed by atoms with Crippen molar-refractivity contribution in [1.82, 2.24) is 0 Å². The Morgan fingerprint density at radius 3 is 1.28 bits per heavy atom. The third kappa shape index (κ3) is 3.60. The summed E-state index contributed by atoms with van der Waals surface area (Å²) < 4.78 is 0. The molecule has 0 nitrogen and oxygen atoms in total. The third-order valence-corrected chi connectivity index (χ3v) is 6.36. The predicted molar refractivity (Wildman–Crippen MR) is 124 cm³/mol. The molecule has 0 aromatic heterocycles. The van der Waals surface area contributed by atoms with Gasteiger partial charge in [-0.15, -0.1) is 0 Å². The average molecular weight is 379 g/mol. The lowest BCUT2D eigenvalue weighted by molar-refractivity contribution is 0.446. The molecular weight excluding hydrogens is 348 g/mol. The fourth-order valence-electron chi connectivity index (χ4n) is 4.64. The van der Waals surface area contributed by atoms with Gasteiger partial charge in [0.25, 0.3) is 0 Å². The normalized spacial score (nSPS) is 16.6. The Morgan fingerprint density at radius 1 is 0.586 bits per heavy atom. The molecule has 0 aliphatic heterocycles. The number of hydrogen-bond acceptors (Lipinski definition) is 0. The van der Waals surface area contributed by atoms with Crippen molar-refractivity contribution in [3.05, 3.63) is 130 Å². The molecule has 0 spiro atoms. The van der Waals surface area contributed by atoms with E-state index in [1.807, 2.05) is 0 Å². The van der Waals surface area contributed by atoms with E-state index in [1.54, 1.807) is 0 Å². The zero-order valence-electron chi connectivity index (χ0n) is 17.9. The van der Waals surface area contributed by atoms with Crippen LogP contribution in [-0.2, 0) is 5.41 Å². The molecule has 29 heavy (non-hydrogen) atoms. The van der Waals surface area contributed by atoms with Gasteiger partial charge in [0.05, 0.1) is 5.41 Å². The lowest BCUT2D eigenvalue weighted by Crippen LogP contribution is -2.37. The Labute approximate surface area is 175 Å². The van der Waals surface area contributed by atoms with E-state index in [-0.39, 0.29) is 5.41 Å². The fourth-order valence-corrected chi connectivity index (χ4v) is 4.64. The molecule has 0 saturated carbocycles. The van der Waals surface area contributed by atoms with Gasteiger partial charge in [-0.1, -0.05) is 113 Å².